The molecular weight excluding hydrogens is 352 g/mol. The van der Waals surface area contributed by atoms with Crippen LogP contribution in [-0.2, 0) is 0 Å². The number of aromatic nitrogens is 4. The van der Waals surface area contributed by atoms with E-state index in [1.54, 1.807) is 7.11 Å². The van der Waals surface area contributed by atoms with E-state index in [1.165, 1.54) is 0 Å². The first-order valence-electron chi connectivity index (χ1n) is 9.01. The molecule has 2 aromatic carbocycles. The molecular formula is C21H22N6O. The largest absolute Gasteiger partial charge is 0.494 e. The Kier molecular flexibility index (Phi) is 4.57. The molecule has 0 aliphatic rings. The first-order valence-corrected chi connectivity index (χ1v) is 9.01. The highest BCUT2D eigenvalue weighted by atomic mass is 16.5. The Labute approximate surface area is 163 Å². The number of aryl methyl sites for hydroxylation is 2. The first-order chi connectivity index (χ1) is 13.6. The van der Waals surface area contributed by atoms with Gasteiger partial charge in [0.2, 0.25) is 5.95 Å². The summed E-state index contributed by atoms with van der Waals surface area (Å²) >= 11 is 0. The number of rotatable bonds is 5. The molecule has 7 heteroatoms. The van der Waals surface area contributed by atoms with Crippen LogP contribution in [0.4, 0.5) is 17.5 Å². The lowest BCUT2D eigenvalue weighted by Gasteiger charge is -2.12. The molecule has 2 heterocycles. The van der Waals surface area contributed by atoms with Crippen molar-refractivity contribution in [3.63, 3.8) is 0 Å². The third kappa shape index (κ3) is 3.34. The molecule has 7 nitrogen and oxygen atoms in total. The number of ether oxygens (including phenoxy) is 1. The minimum Gasteiger partial charge on any atom is -0.494 e. The van der Waals surface area contributed by atoms with Gasteiger partial charge in [0.25, 0.3) is 0 Å². The van der Waals surface area contributed by atoms with Crippen molar-refractivity contribution in [1.29, 1.82) is 0 Å². The van der Waals surface area contributed by atoms with E-state index in [2.05, 4.69) is 39.7 Å². The summed E-state index contributed by atoms with van der Waals surface area (Å²) in [7, 11) is 3.49. The smallest absolute Gasteiger partial charge is 0.229 e. The van der Waals surface area contributed by atoms with Gasteiger partial charge in [-0.25, -0.2) is 9.67 Å². The van der Waals surface area contributed by atoms with Crippen LogP contribution in [0.25, 0.3) is 16.6 Å². The molecule has 0 unspecified atom stereocenters. The number of anilines is 3. The third-order valence-corrected chi connectivity index (χ3v) is 4.53. The lowest BCUT2D eigenvalue weighted by Crippen LogP contribution is -2.04. The zero-order chi connectivity index (χ0) is 19.7. The Morgan fingerprint density at radius 1 is 1.04 bits per heavy atom. The molecule has 0 spiro atoms. The normalized spacial score (nSPS) is 10.9. The van der Waals surface area contributed by atoms with Gasteiger partial charge >= 0.3 is 0 Å². The van der Waals surface area contributed by atoms with Gasteiger partial charge in [-0.3, -0.25) is 0 Å². The molecule has 2 N–H and O–H groups in total. The lowest BCUT2D eigenvalue weighted by atomic mass is 10.2. The van der Waals surface area contributed by atoms with Crippen LogP contribution >= 0.6 is 0 Å². The second-order valence-corrected chi connectivity index (χ2v) is 6.57. The monoisotopic (exact) mass is 374 g/mol. The van der Waals surface area contributed by atoms with Gasteiger partial charge in [0.1, 0.15) is 17.3 Å². The highest BCUT2D eigenvalue weighted by Crippen LogP contribution is 2.29. The standard InChI is InChI=1S/C21H22N6O/c1-13-6-5-7-15-12-27(26-20(13)15)17-11-16(8-9-18(17)28-4)24-21-23-14(2)10-19(22-3)25-21/h5-12H,1-4H3,(H2,22,23,24,25). The number of nitrogens with zero attached hydrogens (tertiary/aromatic N) is 4. The van der Waals surface area contributed by atoms with Crippen LogP contribution in [-0.4, -0.2) is 33.9 Å². The predicted molar refractivity (Wildman–Crippen MR) is 112 cm³/mol. The molecule has 28 heavy (non-hydrogen) atoms. The van der Waals surface area contributed by atoms with Gasteiger partial charge in [-0.1, -0.05) is 18.2 Å². The van der Waals surface area contributed by atoms with Crippen molar-refractivity contribution < 1.29 is 4.74 Å². The summed E-state index contributed by atoms with van der Waals surface area (Å²) in [5.41, 5.74) is 4.68. The molecule has 4 aromatic rings. The van der Waals surface area contributed by atoms with Gasteiger partial charge in [-0.05, 0) is 37.6 Å². The predicted octanol–water partition coefficient (Wildman–Crippen LogP) is 4.23. The van der Waals surface area contributed by atoms with Crippen LogP contribution in [0.2, 0.25) is 0 Å². The number of methoxy groups -OCH3 is 1. The molecule has 0 radical (unpaired) electrons. The summed E-state index contributed by atoms with van der Waals surface area (Å²) < 4.78 is 7.40. The number of benzene rings is 2. The van der Waals surface area contributed by atoms with Crippen LogP contribution < -0.4 is 15.4 Å². The van der Waals surface area contributed by atoms with Gasteiger partial charge in [0.15, 0.2) is 0 Å². The maximum atomic E-state index is 5.56. The average molecular weight is 374 g/mol. The van der Waals surface area contributed by atoms with E-state index in [0.29, 0.717) is 5.95 Å². The first kappa shape index (κ1) is 17.8. The zero-order valence-electron chi connectivity index (χ0n) is 16.3. The molecule has 142 valence electrons. The van der Waals surface area contributed by atoms with E-state index in [-0.39, 0.29) is 0 Å². The number of hydrogen-bond acceptors (Lipinski definition) is 6. The van der Waals surface area contributed by atoms with Crippen LogP contribution in [0.1, 0.15) is 11.3 Å². The summed E-state index contributed by atoms with van der Waals surface area (Å²) in [6.45, 7) is 3.99. The SMILES string of the molecule is CNc1cc(C)nc(Nc2ccc(OC)c(-n3cc4cccc(C)c4n3)c2)n1. The topological polar surface area (TPSA) is 76.9 Å². The van der Waals surface area contributed by atoms with Crippen molar-refractivity contribution in [1.82, 2.24) is 19.7 Å². The summed E-state index contributed by atoms with van der Waals surface area (Å²) in [4.78, 5) is 8.90. The zero-order valence-corrected chi connectivity index (χ0v) is 16.3. The van der Waals surface area contributed by atoms with Gasteiger partial charge < -0.3 is 15.4 Å². The summed E-state index contributed by atoms with van der Waals surface area (Å²) in [6, 6.07) is 13.9. The van der Waals surface area contributed by atoms with Crippen molar-refractivity contribution in [3.8, 4) is 11.4 Å². The Bertz CT molecular complexity index is 1150. The minimum absolute atomic E-state index is 0.530. The van der Waals surface area contributed by atoms with Crippen LogP contribution in [0.3, 0.4) is 0 Å². The second kappa shape index (κ2) is 7.19. The maximum Gasteiger partial charge on any atom is 0.229 e. The van der Waals surface area contributed by atoms with Gasteiger partial charge in [-0.15, -0.1) is 0 Å². The fraction of sp³-hybridized carbons (Fsp3) is 0.190. The van der Waals surface area contributed by atoms with Gasteiger partial charge in [0.05, 0.1) is 12.6 Å². The lowest BCUT2D eigenvalue weighted by molar-refractivity contribution is 0.412. The van der Waals surface area contributed by atoms with E-state index in [0.717, 1.165) is 45.1 Å². The van der Waals surface area contributed by atoms with Crippen LogP contribution in [0, 0.1) is 13.8 Å². The van der Waals surface area contributed by atoms with Crippen molar-refractivity contribution in [2.24, 2.45) is 0 Å². The summed E-state index contributed by atoms with van der Waals surface area (Å²) in [6.07, 6.45) is 2.01. The van der Waals surface area contributed by atoms with Crippen molar-refractivity contribution in [2.75, 3.05) is 24.8 Å². The number of nitrogens with one attached hydrogen (secondary N) is 2. The van der Waals surface area contributed by atoms with E-state index in [4.69, 9.17) is 9.84 Å². The summed E-state index contributed by atoms with van der Waals surface area (Å²) in [5.74, 6) is 2.02. The summed E-state index contributed by atoms with van der Waals surface area (Å²) in [5, 5.41) is 12.1. The van der Waals surface area contributed by atoms with E-state index >= 15 is 0 Å². The average Bonchev–Trinajstić information content (AvgIpc) is 3.13. The molecule has 0 saturated heterocycles. The number of fused-ring (bicyclic) bond motifs is 1. The Hall–Kier alpha value is -3.61. The molecule has 0 fully saturated rings. The molecule has 2 aromatic heterocycles. The molecule has 0 amide bonds. The highest BCUT2D eigenvalue weighted by Gasteiger charge is 2.11. The quantitative estimate of drug-likeness (QED) is 0.544. The third-order valence-electron chi connectivity index (χ3n) is 4.53. The number of hydrogen-bond donors (Lipinski definition) is 2. The molecule has 0 atom stereocenters. The van der Waals surface area contributed by atoms with Crippen LogP contribution in [0.15, 0.2) is 48.7 Å². The minimum atomic E-state index is 0.530. The van der Waals surface area contributed by atoms with Crippen LogP contribution in [0.5, 0.6) is 5.75 Å². The molecule has 0 aliphatic heterocycles. The van der Waals surface area contributed by atoms with Crippen molar-refractivity contribution in [2.45, 2.75) is 13.8 Å². The van der Waals surface area contributed by atoms with E-state index in [1.807, 2.05) is 55.2 Å². The van der Waals surface area contributed by atoms with Crippen molar-refractivity contribution >= 4 is 28.4 Å². The van der Waals surface area contributed by atoms with E-state index in [9.17, 15) is 0 Å². The molecule has 0 bridgehead atoms. The van der Waals surface area contributed by atoms with Crippen molar-refractivity contribution in [3.05, 3.63) is 59.9 Å². The van der Waals surface area contributed by atoms with Gasteiger partial charge in [-0.2, -0.15) is 10.1 Å². The Morgan fingerprint density at radius 3 is 2.64 bits per heavy atom. The second-order valence-electron chi connectivity index (χ2n) is 6.57. The van der Waals surface area contributed by atoms with E-state index < -0.39 is 0 Å². The fourth-order valence-electron chi connectivity index (χ4n) is 3.14. The highest BCUT2D eigenvalue weighted by molar-refractivity contribution is 5.82. The van der Waals surface area contributed by atoms with Gasteiger partial charge in [0, 0.05) is 36.1 Å². The molecule has 0 saturated carbocycles. The Balaban J connectivity index is 1.75. The molecule has 4 rings (SSSR count). The molecule has 0 aliphatic carbocycles. The fourth-order valence-corrected chi connectivity index (χ4v) is 3.14. The Morgan fingerprint density at radius 2 is 1.89 bits per heavy atom. The maximum absolute atomic E-state index is 5.56.